The molecule has 1 aliphatic rings. The molecule has 2 N–H and O–H groups in total. The zero-order valence-electron chi connectivity index (χ0n) is 12.8. The Morgan fingerprint density at radius 1 is 1.29 bits per heavy atom. The molecular weight excluding hydrogens is 306 g/mol. The van der Waals surface area contributed by atoms with Gasteiger partial charge in [-0.15, -0.1) is 0 Å². The molecule has 6 heteroatoms. The smallest absolute Gasteiger partial charge is 0.337 e. The quantitative estimate of drug-likeness (QED) is 0.562. The number of fused-ring (bicyclic) bond motifs is 2. The summed E-state index contributed by atoms with van der Waals surface area (Å²) in [4.78, 5) is 31.4. The van der Waals surface area contributed by atoms with Crippen molar-refractivity contribution in [2.45, 2.75) is 0 Å². The second-order valence-electron chi connectivity index (χ2n) is 5.41. The lowest BCUT2D eigenvalue weighted by atomic mass is 10.0. The lowest BCUT2D eigenvalue weighted by molar-refractivity contribution is -0.110. The van der Waals surface area contributed by atoms with E-state index < -0.39 is 5.97 Å². The summed E-state index contributed by atoms with van der Waals surface area (Å²) in [6.07, 6.45) is 5.30. The number of aromatic nitrogens is 2. The normalized spacial score (nSPS) is 14.7. The van der Waals surface area contributed by atoms with Gasteiger partial charge in [0.25, 0.3) is 5.91 Å². The van der Waals surface area contributed by atoms with Gasteiger partial charge in [-0.2, -0.15) is 0 Å². The number of amides is 1. The van der Waals surface area contributed by atoms with Crippen LogP contribution < -0.4 is 5.32 Å². The van der Waals surface area contributed by atoms with Gasteiger partial charge in [-0.25, -0.2) is 9.78 Å². The summed E-state index contributed by atoms with van der Waals surface area (Å²) in [6.45, 7) is 0. The van der Waals surface area contributed by atoms with E-state index in [2.05, 4.69) is 15.3 Å². The fourth-order valence-electron chi connectivity index (χ4n) is 2.83. The average Bonchev–Trinajstić information content (AvgIpc) is 3.16. The predicted molar refractivity (Wildman–Crippen MR) is 90.4 cm³/mol. The topological polar surface area (TPSA) is 84.1 Å². The van der Waals surface area contributed by atoms with Crippen molar-refractivity contribution in [2.75, 3.05) is 12.4 Å². The Hall–Kier alpha value is -3.41. The molecule has 0 saturated heterocycles. The van der Waals surface area contributed by atoms with Crippen molar-refractivity contribution in [2.24, 2.45) is 0 Å². The van der Waals surface area contributed by atoms with E-state index >= 15 is 0 Å². The number of carbonyl (C=O) groups excluding carboxylic acids is 2. The summed E-state index contributed by atoms with van der Waals surface area (Å²) in [5, 5.41) is 3.73. The molecule has 0 aliphatic carbocycles. The zero-order chi connectivity index (χ0) is 16.7. The van der Waals surface area contributed by atoms with Gasteiger partial charge in [0, 0.05) is 40.2 Å². The highest BCUT2D eigenvalue weighted by Crippen LogP contribution is 2.34. The maximum absolute atomic E-state index is 12.3. The van der Waals surface area contributed by atoms with Crippen LogP contribution in [-0.4, -0.2) is 29.0 Å². The minimum Gasteiger partial charge on any atom is -0.465 e. The molecule has 3 aromatic rings. The highest BCUT2D eigenvalue weighted by atomic mass is 16.5. The number of ether oxygens (including phenoxy) is 1. The fraction of sp³-hybridized carbons (Fsp3) is 0.0556. The largest absolute Gasteiger partial charge is 0.465 e. The Labute approximate surface area is 137 Å². The van der Waals surface area contributed by atoms with Crippen molar-refractivity contribution < 1.29 is 14.3 Å². The Balaban J connectivity index is 1.85. The van der Waals surface area contributed by atoms with E-state index in [1.165, 1.54) is 7.11 Å². The van der Waals surface area contributed by atoms with Crippen molar-refractivity contribution in [3.63, 3.8) is 0 Å². The van der Waals surface area contributed by atoms with Crippen LogP contribution in [0.25, 0.3) is 22.7 Å². The third-order valence-electron chi connectivity index (χ3n) is 4.01. The molecule has 118 valence electrons. The Bertz CT molecular complexity index is 1020. The lowest BCUT2D eigenvalue weighted by Crippen LogP contribution is -2.03. The van der Waals surface area contributed by atoms with Crippen molar-refractivity contribution in [3.05, 3.63) is 59.4 Å². The van der Waals surface area contributed by atoms with Crippen LogP contribution in [0, 0.1) is 0 Å². The number of rotatable bonds is 2. The summed E-state index contributed by atoms with van der Waals surface area (Å²) >= 11 is 0. The molecule has 0 spiro atoms. The van der Waals surface area contributed by atoms with E-state index in [4.69, 9.17) is 4.74 Å². The van der Waals surface area contributed by atoms with Gasteiger partial charge in [0.15, 0.2) is 0 Å². The van der Waals surface area contributed by atoms with Crippen LogP contribution in [0.1, 0.15) is 21.5 Å². The first-order valence-electron chi connectivity index (χ1n) is 7.35. The van der Waals surface area contributed by atoms with Gasteiger partial charge in [0.05, 0.1) is 12.7 Å². The molecular formula is C18H13N3O3. The SMILES string of the molecule is COC(=O)c1ccc2c(c1)C(=Cc1c[nH]c3ncccc13)C(=O)N2. The number of aromatic amines is 1. The molecule has 0 unspecified atom stereocenters. The minimum atomic E-state index is -0.437. The molecule has 0 bridgehead atoms. The van der Waals surface area contributed by atoms with Gasteiger partial charge in [0.2, 0.25) is 0 Å². The van der Waals surface area contributed by atoms with Gasteiger partial charge in [-0.3, -0.25) is 4.79 Å². The number of nitrogens with one attached hydrogen (secondary N) is 2. The van der Waals surface area contributed by atoms with Crippen LogP contribution in [0.3, 0.4) is 0 Å². The highest BCUT2D eigenvalue weighted by molar-refractivity contribution is 6.35. The number of hydrogen-bond donors (Lipinski definition) is 2. The van der Waals surface area contributed by atoms with E-state index in [-0.39, 0.29) is 5.91 Å². The van der Waals surface area contributed by atoms with Gasteiger partial charge in [-0.1, -0.05) is 0 Å². The number of esters is 1. The molecule has 2 aromatic heterocycles. The van der Waals surface area contributed by atoms with E-state index in [1.54, 1.807) is 36.7 Å². The number of carbonyl (C=O) groups is 2. The number of benzene rings is 1. The average molecular weight is 319 g/mol. The van der Waals surface area contributed by atoms with E-state index in [0.29, 0.717) is 22.4 Å². The Morgan fingerprint density at radius 3 is 3.00 bits per heavy atom. The fourth-order valence-corrected chi connectivity index (χ4v) is 2.83. The molecule has 0 saturated carbocycles. The molecule has 4 rings (SSSR count). The molecule has 1 aromatic carbocycles. The van der Waals surface area contributed by atoms with Crippen LogP contribution in [0.2, 0.25) is 0 Å². The van der Waals surface area contributed by atoms with Crippen LogP contribution in [-0.2, 0) is 9.53 Å². The number of hydrogen-bond acceptors (Lipinski definition) is 4. The number of methoxy groups -OCH3 is 1. The van der Waals surface area contributed by atoms with E-state index in [9.17, 15) is 9.59 Å². The summed E-state index contributed by atoms with van der Waals surface area (Å²) in [5.74, 6) is -0.641. The number of pyridine rings is 1. The number of H-pyrrole nitrogens is 1. The van der Waals surface area contributed by atoms with Crippen molar-refractivity contribution in [1.29, 1.82) is 0 Å². The molecule has 0 radical (unpaired) electrons. The van der Waals surface area contributed by atoms with E-state index in [1.807, 2.05) is 12.1 Å². The molecule has 0 fully saturated rings. The summed E-state index contributed by atoms with van der Waals surface area (Å²) < 4.78 is 4.74. The third-order valence-corrected chi connectivity index (χ3v) is 4.01. The maximum atomic E-state index is 12.3. The second kappa shape index (κ2) is 5.34. The number of nitrogens with zero attached hydrogens (tertiary/aromatic N) is 1. The van der Waals surface area contributed by atoms with Crippen LogP contribution >= 0.6 is 0 Å². The zero-order valence-corrected chi connectivity index (χ0v) is 12.8. The van der Waals surface area contributed by atoms with Gasteiger partial charge >= 0.3 is 5.97 Å². The molecule has 1 aliphatic heterocycles. The summed E-state index contributed by atoms with van der Waals surface area (Å²) in [6, 6.07) is 8.78. The highest BCUT2D eigenvalue weighted by Gasteiger charge is 2.25. The third kappa shape index (κ3) is 2.16. The molecule has 1 amide bonds. The lowest BCUT2D eigenvalue weighted by Gasteiger charge is -2.03. The molecule has 24 heavy (non-hydrogen) atoms. The second-order valence-corrected chi connectivity index (χ2v) is 5.41. The minimum absolute atomic E-state index is 0.203. The van der Waals surface area contributed by atoms with Crippen LogP contribution in [0.5, 0.6) is 0 Å². The van der Waals surface area contributed by atoms with Crippen LogP contribution in [0.15, 0.2) is 42.7 Å². The molecule has 0 atom stereocenters. The van der Waals surface area contributed by atoms with Gasteiger partial charge < -0.3 is 15.0 Å². The van der Waals surface area contributed by atoms with Gasteiger partial charge in [-0.05, 0) is 36.4 Å². The standard InChI is InChI=1S/C18H13N3O3/c1-24-18(23)10-4-5-15-13(7-10)14(17(22)21-15)8-11-9-20-16-12(11)3-2-6-19-16/h2-9H,1H3,(H,19,20)(H,21,22). The Morgan fingerprint density at radius 2 is 2.17 bits per heavy atom. The predicted octanol–water partition coefficient (Wildman–Crippen LogP) is 2.84. The first-order chi connectivity index (χ1) is 11.7. The summed E-state index contributed by atoms with van der Waals surface area (Å²) in [7, 11) is 1.33. The number of anilines is 1. The first-order valence-corrected chi connectivity index (χ1v) is 7.35. The van der Waals surface area contributed by atoms with Crippen molar-refractivity contribution in [1.82, 2.24) is 9.97 Å². The van der Waals surface area contributed by atoms with Crippen molar-refractivity contribution in [3.8, 4) is 0 Å². The molecule has 6 nitrogen and oxygen atoms in total. The van der Waals surface area contributed by atoms with E-state index in [0.717, 1.165) is 16.6 Å². The monoisotopic (exact) mass is 319 g/mol. The van der Waals surface area contributed by atoms with Crippen LogP contribution in [0.4, 0.5) is 5.69 Å². The van der Waals surface area contributed by atoms with Gasteiger partial charge in [0.1, 0.15) is 5.65 Å². The Kier molecular flexibility index (Phi) is 3.16. The molecule has 3 heterocycles. The first kappa shape index (κ1) is 14.2. The summed E-state index contributed by atoms with van der Waals surface area (Å²) in [5.41, 5.74) is 3.88. The maximum Gasteiger partial charge on any atom is 0.337 e. The van der Waals surface area contributed by atoms with Crippen molar-refractivity contribution >= 4 is 40.2 Å².